The topological polar surface area (TPSA) is 71.8 Å². The second-order valence-electron chi connectivity index (χ2n) is 19.3. The molecule has 0 aliphatic heterocycles. The van der Waals surface area contributed by atoms with Gasteiger partial charge >= 0.3 is 364 Å². The van der Waals surface area contributed by atoms with Crippen LogP contribution in [0.2, 0.25) is 0 Å². The molecule has 0 saturated heterocycles. The molecular weight excluding hydrogens is 1010 g/mol. The van der Waals surface area contributed by atoms with Gasteiger partial charge in [-0.05, 0) is 6.07 Å². The Hall–Kier alpha value is -10.2. The van der Waals surface area contributed by atoms with E-state index in [0.29, 0.717) is 28.7 Å². The van der Waals surface area contributed by atoms with Crippen molar-refractivity contribution in [3.63, 3.8) is 0 Å². The molecule has 6 nitrogen and oxygen atoms in total. The number of fused-ring (bicyclic) bond motifs is 3. The van der Waals surface area contributed by atoms with E-state index in [1.165, 1.54) is 17.6 Å². The molecule has 0 amide bonds. The van der Waals surface area contributed by atoms with Crippen molar-refractivity contribution in [3.05, 3.63) is 296 Å². The molecule has 11 aromatic carbocycles. The summed E-state index contributed by atoms with van der Waals surface area (Å²) >= 11 is -3.69. The summed E-state index contributed by atoms with van der Waals surface area (Å²) in [5.41, 5.74) is 12.0. The Bertz CT molecular complexity index is 4180. The number of rotatable bonds is 11. The van der Waals surface area contributed by atoms with E-state index in [-0.39, 0.29) is 0 Å². The fourth-order valence-electron chi connectivity index (χ4n) is 11.3. The van der Waals surface area contributed by atoms with Gasteiger partial charge in [0, 0.05) is 0 Å². The van der Waals surface area contributed by atoms with Crippen molar-refractivity contribution in [3.8, 4) is 79.3 Å². The molecule has 0 aliphatic rings. The Morgan fingerprint density at radius 2 is 0.795 bits per heavy atom. The SMILES string of the molecule is [C-]#[N+]c1ccccc1-c1ccc2c3ccc(-c4ccccc4C#N)cc3n(-c3ccc(-c4ccc[c]([Ge]([c]5ccccc5)([c]5ccccc5)[c]5ccccc5)c4)cc3-c3nc(-c4ccccc4)nc(-c4ccccc4)n3)c2c1. The summed E-state index contributed by atoms with van der Waals surface area (Å²) in [6.07, 6.45) is 0. The predicted molar refractivity (Wildman–Crippen MR) is 321 cm³/mol. The van der Waals surface area contributed by atoms with Gasteiger partial charge in [0.1, 0.15) is 0 Å². The van der Waals surface area contributed by atoms with Crippen molar-refractivity contribution in [2.24, 2.45) is 0 Å². The summed E-state index contributed by atoms with van der Waals surface area (Å²) < 4.78 is 7.65. The molecule has 2 aromatic heterocycles. The quantitative estimate of drug-likeness (QED) is 0.0956. The maximum absolute atomic E-state index is 10.4. The number of nitriles is 1. The van der Waals surface area contributed by atoms with Crippen LogP contribution in [-0.4, -0.2) is 32.8 Å². The van der Waals surface area contributed by atoms with Gasteiger partial charge in [0.2, 0.25) is 0 Å². The number of hydrogen-bond acceptors (Lipinski definition) is 4. The van der Waals surface area contributed by atoms with Gasteiger partial charge < -0.3 is 0 Å². The van der Waals surface area contributed by atoms with Gasteiger partial charge in [-0.3, -0.25) is 0 Å². The van der Waals surface area contributed by atoms with E-state index in [2.05, 4.69) is 185 Å². The van der Waals surface area contributed by atoms with E-state index in [9.17, 15) is 5.26 Å². The third-order valence-corrected chi connectivity index (χ3v) is 24.9. The van der Waals surface area contributed by atoms with Crippen molar-refractivity contribution in [1.29, 1.82) is 5.26 Å². The fourth-order valence-corrected chi connectivity index (χ4v) is 21.3. The van der Waals surface area contributed by atoms with Gasteiger partial charge in [-0.25, -0.2) is 4.85 Å². The van der Waals surface area contributed by atoms with E-state index in [0.717, 1.165) is 77.6 Å². The summed E-state index contributed by atoms with van der Waals surface area (Å²) in [7, 11) is 0. The molecule has 0 unspecified atom stereocenters. The molecule has 0 N–H and O–H groups in total. The number of para-hydroxylation sites is 1. The van der Waals surface area contributed by atoms with Crippen LogP contribution < -0.4 is 17.6 Å². The molecule has 7 heteroatoms. The van der Waals surface area contributed by atoms with Crippen LogP contribution >= 0.6 is 0 Å². The van der Waals surface area contributed by atoms with E-state index < -0.39 is 13.3 Å². The van der Waals surface area contributed by atoms with Gasteiger partial charge in [-0.1, -0.05) is 54.6 Å². The van der Waals surface area contributed by atoms with Crippen molar-refractivity contribution in [2.45, 2.75) is 0 Å². The zero-order chi connectivity index (χ0) is 52.4. The van der Waals surface area contributed by atoms with E-state index in [1.54, 1.807) is 0 Å². The van der Waals surface area contributed by atoms with Gasteiger partial charge in [0.25, 0.3) is 0 Å². The molecule has 13 aromatic rings. The van der Waals surface area contributed by atoms with Gasteiger partial charge in [-0.2, -0.15) is 5.26 Å². The molecule has 0 fully saturated rings. The Morgan fingerprint density at radius 1 is 0.359 bits per heavy atom. The molecule has 2 heterocycles. The summed E-state index contributed by atoms with van der Waals surface area (Å²) in [6, 6.07) is 100. The van der Waals surface area contributed by atoms with Crippen LogP contribution in [-0.2, 0) is 0 Å². The summed E-state index contributed by atoms with van der Waals surface area (Å²) in [5.74, 6) is 1.62. The monoisotopic (exact) mass is 1060 g/mol. The molecule has 0 atom stereocenters. The van der Waals surface area contributed by atoms with Gasteiger partial charge in [0.05, 0.1) is 18.2 Å². The van der Waals surface area contributed by atoms with E-state index in [1.807, 2.05) is 109 Å². The normalized spacial score (nSPS) is 11.3. The second kappa shape index (κ2) is 20.5. The van der Waals surface area contributed by atoms with Crippen LogP contribution in [0.25, 0.3) is 99.9 Å². The van der Waals surface area contributed by atoms with Crippen LogP contribution in [0.3, 0.4) is 0 Å². The van der Waals surface area contributed by atoms with Crippen LogP contribution in [0.15, 0.2) is 279 Å². The molecule has 0 bridgehead atoms. The third kappa shape index (κ3) is 8.44. The molecule has 0 aliphatic carbocycles. The Kier molecular flexibility index (Phi) is 12.5. The van der Waals surface area contributed by atoms with Crippen LogP contribution in [0.5, 0.6) is 0 Å². The van der Waals surface area contributed by atoms with Crippen molar-refractivity contribution in [1.82, 2.24) is 19.5 Å². The Balaban J connectivity index is 1.12. The average molecular weight is 1060 g/mol. The first-order valence-electron chi connectivity index (χ1n) is 25.9. The zero-order valence-corrected chi connectivity index (χ0v) is 44.3. The third-order valence-electron chi connectivity index (χ3n) is 14.9. The van der Waals surface area contributed by atoms with Crippen molar-refractivity contribution in [2.75, 3.05) is 0 Å². The molecule has 364 valence electrons. The molecule has 0 spiro atoms. The predicted octanol–water partition coefficient (Wildman–Crippen LogP) is 14.8. The average Bonchev–Trinajstić information content (AvgIpc) is 4.05. The molecular formula is C71H46GeN6. The Labute approximate surface area is 455 Å². The van der Waals surface area contributed by atoms with Gasteiger partial charge in [0.15, 0.2) is 5.69 Å². The number of aromatic nitrogens is 4. The number of benzene rings is 11. The van der Waals surface area contributed by atoms with Gasteiger partial charge in [-0.15, -0.1) is 0 Å². The van der Waals surface area contributed by atoms with Crippen LogP contribution in [0, 0.1) is 17.9 Å². The zero-order valence-electron chi connectivity index (χ0n) is 42.2. The molecule has 13 rings (SSSR count). The molecule has 78 heavy (non-hydrogen) atoms. The van der Waals surface area contributed by atoms with Crippen molar-refractivity contribution >= 4 is 58.3 Å². The Morgan fingerprint density at radius 3 is 1.35 bits per heavy atom. The van der Waals surface area contributed by atoms with Crippen LogP contribution in [0.1, 0.15) is 5.56 Å². The minimum absolute atomic E-state index is 0.510. The number of hydrogen-bond donors (Lipinski definition) is 0. The molecule has 0 saturated carbocycles. The minimum atomic E-state index is -3.69. The van der Waals surface area contributed by atoms with E-state index >= 15 is 0 Å². The number of nitrogens with zero attached hydrogens (tertiary/aromatic N) is 6. The molecule has 0 radical (unpaired) electrons. The van der Waals surface area contributed by atoms with Crippen molar-refractivity contribution < 1.29 is 0 Å². The first-order valence-corrected chi connectivity index (χ1v) is 30.1. The second-order valence-corrected chi connectivity index (χ2v) is 27.3. The summed E-state index contributed by atoms with van der Waals surface area (Å²) in [5, 5.41) is 12.4. The fraction of sp³-hybridized carbons (Fsp3) is 0. The van der Waals surface area contributed by atoms with Crippen LogP contribution in [0.4, 0.5) is 5.69 Å². The first kappa shape index (κ1) is 47.5. The van der Waals surface area contributed by atoms with E-state index in [4.69, 9.17) is 21.5 Å². The first-order chi connectivity index (χ1) is 38.6. The summed E-state index contributed by atoms with van der Waals surface area (Å²) in [6.45, 7) is 8.13. The maximum atomic E-state index is 10.4. The standard InChI is InChI=1S/C71H46GeN6/c1-74-65-37-20-19-36-61(65)54-39-42-63-62-41-38-53(60-35-18-17-26-55(60)48-73)46-67(62)78(68(63)47-54)66-43-40-52(45-64(66)71-76-69(49-22-7-2-8-23-49)75-70(77-71)50-24-9-3-10-25-50)51-27-21-34-59(44-51)72(56-28-11-4-12-29-56,57-30-13-5-14-31-57)58-32-15-6-16-33-58/h2-47H. The summed E-state index contributed by atoms with van der Waals surface area (Å²) in [4.78, 5) is 19.9.